The molecule has 4 heteroatoms. The molecule has 1 aromatic carbocycles. The highest BCUT2D eigenvalue weighted by Gasteiger charge is 2.14. The van der Waals surface area contributed by atoms with Crippen molar-refractivity contribution in [1.82, 2.24) is 0 Å². The summed E-state index contributed by atoms with van der Waals surface area (Å²) in [4.78, 5) is 11.7. The van der Waals surface area contributed by atoms with Crippen LogP contribution < -0.4 is 4.74 Å². The Morgan fingerprint density at radius 1 is 1.38 bits per heavy atom. The Bertz CT molecular complexity index is 378. The summed E-state index contributed by atoms with van der Waals surface area (Å²) in [5.41, 5.74) is 2.06. The van der Waals surface area contributed by atoms with E-state index in [2.05, 4.69) is 0 Å². The van der Waals surface area contributed by atoms with E-state index in [0.717, 1.165) is 21.8 Å². The Hall–Kier alpha value is -1.16. The Labute approximate surface area is 99.8 Å². The SMILES string of the molecule is COc1c(C)cc(SC(C)C(=O)O)cc1C. The van der Waals surface area contributed by atoms with Gasteiger partial charge in [-0.25, -0.2) is 0 Å². The monoisotopic (exact) mass is 240 g/mol. The van der Waals surface area contributed by atoms with Gasteiger partial charge in [-0.1, -0.05) is 0 Å². The fourth-order valence-electron chi connectivity index (χ4n) is 1.56. The van der Waals surface area contributed by atoms with Gasteiger partial charge in [0, 0.05) is 4.90 Å². The summed E-state index contributed by atoms with van der Waals surface area (Å²) >= 11 is 1.34. The van der Waals surface area contributed by atoms with Gasteiger partial charge < -0.3 is 9.84 Å². The highest BCUT2D eigenvalue weighted by molar-refractivity contribution is 8.00. The maximum atomic E-state index is 10.8. The van der Waals surface area contributed by atoms with Crippen LogP contribution in [0.25, 0.3) is 0 Å². The second-order valence-corrected chi connectivity index (χ2v) is 5.10. The van der Waals surface area contributed by atoms with E-state index in [1.807, 2.05) is 26.0 Å². The predicted molar refractivity (Wildman–Crippen MR) is 65.4 cm³/mol. The number of hydrogen-bond donors (Lipinski definition) is 1. The number of carboxylic acids is 1. The average molecular weight is 240 g/mol. The lowest BCUT2D eigenvalue weighted by Crippen LogP contribution is -2.11. The maximum absolute atomic E-state index is 10.8. The molecule has 1 N–H and O–H groups in total. The molecule has 0 amide bonds. The normalized spacial score (nSPS) is 12.2. The van der Waals surface area contributed by atoms with Crippen LogP contribution in [0.3, 0.4) is 0 Å². The van der Waals surface area contributed by atoms with Crippen LogP contribution in [0.15, 0.2) is 17.0 Å². The summed E-state index contributed by atoms with van der Waals surface area (Å²) in [7, 11) is 1.64. The minimum absolute atomic E-state index is 0.438. The Balaban J connectivity index is 2.96. The molecule has 0 aliphatic heterocycles. The number of carboxylic acid groups (broad SMARTS) is 1. The van der Waals surface area contributed by atoms with Crippen molar-refractivity contribution in [2.45, 2.75) is 30.9 Å². The fourth-order valence-corrected chi connectivity index (χ4v) is 2.55. The van der Waals surface area contributed by atoms with Gasteiger partial charge in [-0.15, -0.1) is 11.8 Å². The maximum Gasteiger partial charge on any atom is 0.316 e. The van der Waals surface area contributed by atoms with Gasteiger partial charge in [0.15, 0.2) is 0 Å². The standard InChI is InChI=1S/C12H16O3S/c1-7-5-10(16-9(3)12(13)14)6-8(2)11(7)15-4/h5-6,9H,1-4H3,(H,13,14). The van der Waals surface area contributed by atoms with Gasteiger partial charge in [-0.05, 0) is 44.0 Å². The number of aryl methyl sites for hydroxylation is 2. The first-order chi connectivity index (χ1) is 7.45. The van der Waals surface area contributed by atoms with Gasteiger partial charge >= 0.3 is 5.97 Å². The number of rotatable bonds is 4. The minimum atomic E-state index is -0.795. The summed E-state index contributed by atoms with van der Waals surface area (Å²) in [6.07, 6.45) is 0. The van der Waals surface area contributed by atoms with Crippen molar-refractivity contribution in [3.05, 3.63) is 23.3 Å². The van der Waals surface area contributed by atoms with Crippen molar-refractivity contribution >= 4 is 17.7 Å². The lowest BCUT2D eigenvalue weighted by Gasteiger charge is -2.12. The fraction of sp³-hybridized carbons (Fsp3) is 0.417. The highest BCUT2D eigenvalue weighted by atomic mass is 32.2. The highest BCUT2D eigenvalue weighted by Crippen LogP contribution is 2.31. The zero-order chi connectivity index (χ0) is 12.3. The topological polar surface area (TPSA) is 46.5 Å². The smallest absolute Gasteiger partial charge is 0.316 e. The summed E-state index contributed by atoms with van der Waals surface area (Å²) < 4.78 is 5.26. The Kier molecular flexibility index (Phi) is 4.24. The molecule has 0 fully saturated rings. The van der Waals surface area contributed by atoms with Gasteiger partial charge in [0.1, 0.15) is 11.0 Å². The molecule has 16 heavy (non-hydrogen) atoms. The van der Waals surface area contributed by atoms with Crippen molar-refractivity contribution in [2.75, 3.05) is 7.11 Å². The van der Waals surface area contributed by atoms with Crippen LogP contribution in [0.5, 0.6) is 5.75 Å². The van der Waals surface area contributed by atoms with E-state index in [0.29, 0.717) is 0 Å². The van der Waals surface area contributed by atoms with E-state index in [-0.39, 0.29) is 0 Å². The molecule has 0 aliphatic carbocycles. The molecule has 0 heterocycles. The molecule has 1 atom stereocenters. The van der Waals surface area contributed by atoms with Crippen molar-refractivity contribution < 1.29 is 14.6 Å². The second-order valence-electron chi connectivity index (χ2n) is 3.69. The summed E-state index contributed by atoms with van der Waals surface area (Å²) in [5, 5.41) is 8.40. The molecule has 0 saturated carbocycles. The van der Waals surface area contributed by atoms with Gasteiger partial charge in [0.2, 0.25) is 0 Å². The lowest BCUT2D eigenvalue weighted by molar-refractivity contribution is -0.136. The van der Waals surface area contributed by atoms with Crippen LogP contribution in [0.4, 0.5) is 0 Å². The second kappa shape index (κ2) is 5.25. The largest absolute Gasteiger partial charge is 0.496 e. The van der Waals surface area contributed by atoms with Crippen LogP contribution in [0.1, 0.15) is 18.1 Å². The molecule has 0 saturated heterocycles. The van der Waals surface area contributed by atoms with Crippen molar-refractivity contribution in [1.29, 1.82) is 0 Å². The first-order valence-corrected chi connectivity index (χ1v) is 5.88. The van der Waals surface area contributed by atoms with Crippen LogP contribution >= 0.6 is 11.8 Å². The average Bonchev–Trinajstić information content (AvgIpc) is 2.16. The van der Waals surface area contributed by atoms with E-state index in [1.54, 1.807) is 14.0 Å². The molecular formula is C12H16O3S. The summed E-state index contributed by atoms with van der Waals surface area (Å²) in [6, 6.07) is 3.91. The van der Waals surface area contributed by atoms with Crippen molar-refractivity contribution in [3.8, 4) is 5.75 Å². The predicted octanol–water partition coefficient (Wildman–Crippen LogP) is 2.88. The van der Waals surface area contributed by atoms with Crippen LogP contribution in [-0.4, -0.2) is 23.4 Å². The van der Waals surface area contributed by atoms with Gasteiger partial charge in [-0.3, -0.25) is 4.79 Å². The molecule has 88 valence electrons. The third-order valence-electron chi connectivity index (χ3n) is 2.30. The first kappa shape index (κ1) is 12.9. The Morgan fingerprint density at radius 3 is 2.25 bits per heavy atom. The quantitative estimate of drug-likeness (QED) is 0.822. The zero-order valence-corrected chi connectivity index (χ0v) is 10.7. The van der Waals surface area contributed by atoms with E-state index in [1.165, 1.54) is 11.8 Å². The number of ether oxygens (including phenoxy) is 1. The Morgan fingerprint density at radius 2 is 1.88 bits per heavy atom. The molecule has 3 nitrogen and oxygen atoms in total. The molecule has 1 aromatic rings. The first-order valence-electron chi connectivity index (χ1n) is 5.00. The number of carbonyl (C=O) groups is 1. The minimum Gasteiger partial charge on any atom is -0.496 e. The number of aliphatic carboxylic acids is 1. The zero-order valence-electron chi connectivity index (χ0n) is 9.90. The van der Waals surface area contributed by atoms with E-state index >= 15 is 0 Å². The van der Waals surface area contributed by atoms with Crippen LogP contribution in [0.2, 0.25) is 0 Å². The molecular weight excluding hydrogens is 224 g/mol. The number of benzene rings is 1. The molecule has 0 bridgehead atoms. The lowest BCUT2D eigenvalue weighted by atomic mass is 10.1. The van der Waals surface area contributed by atoms with Crippen molar-refractivity contribution in [2.24, 2.45) is 0 Å². The number of methoxy groups -OCH3 is 1. The van der Waals surface area contributed by atoms with Gasteiger partial charge in [0.05, 0.1) is 7.11 Å². The molecule has 0 radical (unpaired) electrons. The number of hydrogen-bond acceptors (Lipinski definition) is 3. The van der Waals surface area contributed by atoms with Crippen LogP contribution in [-0.2, 0) is 4.79 Å². The molecule has 0 spiro atoms. The van der Waals surface area contributed by atoms with E-state index in [4.69, 9.17) is 9.84 Å². The van der Waals surface area contributed by atoms with Gasteiger partial charge in [0.25, 0.3) is 0 Å². The van der Waals surface area contributed by atoms with E-state index < -0.39 is 11.2 Å². The summed E-state index contributed by atoms with van der Waals surface area (Å²) in [6.45, 7) is 5.60. The van der Waals surface area contributed by atoms with Crippen LogP contribution in [0, 0.1) is 13.8 Å². The molecule has 1 rings (SSSR count). The molecule has 1 unspecified atom stereocenters. The molecule has 0 aromatic heterocycles. The third-order valence-corrected chi connectivity index (χ3v) is 3.36. The summed E-state index contributed by atoms with van der Waals surface area (Å²) in [5.74, 6) is 0.0726. The van der Waals surface area contributed by atoms with E-state index in [9.17, 15) is 4.79 Å². The van der Waals surface area contributed by atoms with Gasteiger partial charge in [-0.2, -0.15) is 0 Å². The molecule has 0 aliphatic rings. The van der Waals surface area contributed by atoms with Crippen molar-refractivity contribution in [3.63, 3.8) is 0 Å². The third kappa shape index (κ3) is 2.92. The number of thioether (sulfide) groups is 1.